The second-order valence-corrected chi connectivity index (χ2v) is 4.85. The van der Waals surface area contributed by atoms with E-state index in [4.69, 9.17) is 18.0 Å². The van der Waals surface area contributed by atoms with Crippen molar-refractivity contribution in [2.75, 3.05) is 5.73 Å². The Morgan fingerprint density at radius 3 is 2.26 bits per heavy atom. The molecule has 1 aromatic rings. The third kappa shape index (κ3) is 2.73. The monoisotopic (exact) mass is 284 g/mol. The van der Waals surface area contributed by atoms with Crippen LogP contribution in [-0.4, -0.2) is 20.0 Å². The maximum Gasteiger partial charge on any atom is 0.332 e. The van der Waals surface area contributed by atoms with Gasteiger partial charge < -0.3 is 11.1 Å². The van der Waals surface area contributed by atoms with E-state index in [0.717, 1.165) is 9.13 Å². The summed E-state index contributed by atoms with van der Waals surface area (Å²) < 4.78 is 1.99. The van der Waals surface area contributed by atoms with Gasteiger partial charge in [0.1, 0.15) is 16.4 Å². The Labute approximate surface area is 115 Å². The van der Waals surface area contributed by atoms with Crippen LogP contribution in [0.1, 0.15) is 19.4 Å². The van der Waals surface area contributed by atoms with E-state index in [2.05, 4.69) is 5.32 Å². The molecule has 1 heterocycles. The lowest BCUT2D eigenvalue weighted by atomic mass is 10.2. The Morgan fingerprint density at radius 2 is 1.79 bits per heavy atom. The fourth-order valence-electron chi connectivity index (χ4n) is 1.39. The number of carbonyl (C=O) groups is 1. The molecule has 0 radical (unpaired) electrons. The van der Waals surface area contributed by atoms with Gasteiger partial charge in [0.25, 0.3) is 5.56 Å². The molecular weight excluding hydrogens is 268 g/mol. The third-order valence-corrected chi connectivity index (χ3v) is 3.00. The molecule has 1 amide bonds. The minimum Gasteiger partial charge on any atom is -0.384 e. The standard InChI is InChI=1S/C11H16N4O3S/c1-5(2)8(16)13-9(19)6-7(12)14(3)11(18)15(4)10(6)17/h5H,12H2,1-4H3,(H,13,16,19). The smallest absolute Gasteiger partial charge is 0.332 e. The van der Waals surface area contributed by atoms with Crippen molar-refractivity contribution in [3.05, 3.63) is 26.4 Å². The van der Waals surface area contributed by atoms with Gasteiger partial charge in [-0.3, -0.25) is 18.7 Å². The molecule has 0 saturated carbocycles. The number of hydrogen-bond acceptors (Lipinski definition) is 5. The van der Waals surface area contributed by atoms with Crippen molar-refractivity contribution in [1.82, 2.24) is 14.5 Å². The SMILES string of the molecule is CC(C)C(=O)NC(=S)c1c(N)n(C)c(=O)n(C)c1=O. The molecule has 0 saturated heterocycles. The molecule has 8 heteroatoms. The van der Waals surface area contributed by atoms with E-state index in [1.54, 1.807) is 13.8 Å². The molecule has 19 heavy (non-hydrogen) atoms. The van der Waals surface area contributed by atoms with Crippen molar-refractivity contribution in [3.8, 4) is 0 Å². The fraction of sp³-hybridized carbons (Fsp3) is 0.455. The number of nitrogen functional groups attached to an aromatic ring is 1. The molecule has 1 rings (SSSR count). The summed E-state index contributed by atoms with van der Waals surface area (Å²) in [6.07, 6.45) is 0. The van der Waals surface area contributed by atoms with Crippen molar-refractivity contribution >= 4 is 28.9 Å². The van der Waals surface area contributed by atoms with Crippen LogP contribution in [0.3, 0.4) is 0 Å². The molecule has 104 valence electrons. The number of nitrogens with zero attached hydrogens (tertiary/aromatic N) is 2. The molecule has 0 unspecified atom stereocenters. The van der Waals surface area contributed by atoms with Crippen molar-refractivity contribution in [3.63, 3.8) is 0 Å². The van der Waals surface area contributed by atoms with Crippen LogP contribution in [0.25, 0.3) is 0 Å². The first-order valence-electron chi connectivity index (χ1n) is 5.59. The molecular formula is C11H16N4O3S. The van der Waals surface area contributed by atoms with Gasteiger partial charge in [0.15, 0.2) is 0 Å². The first-order chi connectivity index (χ1) is 8.68. The van der Waals surface area contributed by atoms with Crippen molar-refractivity contribution in [2.24, 2.45) is 20.0 Å². The number of aromatic nitrogens is 2. The van der Waals surface area contributed by atoms with E-state index >= 15 is 0 Å². The lowest BCUT2D eigenvalue weighted by Crippen LogP contribution is -2.44. The summed E-state index contributed by atoms with van der Waals surface area (Å²) in [7, 11) is 2.74. The fourth-order valence-corrected chi connectivity index (χ4v) is 1.68. The van der Waals surface area contributed by atoms with Gasteiger partial charge in [-0.25, -0.2) is 4.79 Å². The van der Waals surface area contributed by atoms with Gasteiger partial charge in [-0.2, -0.15) is 0 Å². The number of hydrogen-bond donors (Lipinski definition) is 2. The second-order valence-electron chi connectivity index (χ2n) is 4.44. The Kier molecular flexibility index (Phi) is 4.25. The van der Waals surface area contributed by atoms with Gasteiger partial charge in [0.05, 0.1) is 0 Å². The number of carbonyl (C=O) groups excluding carboxylic acids is 1. The Balaban J connectivity index is 3.37. The summed E-state index contributed by atoms with van der Waals surface area (Å²) >= 11 is 5.01. The van der Waals surface area contributed by atoms with Gasteiger partial charge in [0, 0.05) is 20.0 Å². The maximum atomic E-state index is 12.0. The van der Waals surface area contributed by atoms with E-state index in [1.165, 1.54) is 14.1 Å². The quantitative estimate of drug-likeness (QED) is 0.687. The summed E-state index contributed by atoms with van der Waals surface area (Å²) in [5.74, 6) is -0.668. The van der Waals surface area contributed by atoms with Crippen LogP contribution in [0.4, 0.5) is 5.82 Å². The first kappa shape index (κ1) is 15.1. The molecule has 1 aromatic heterocycles. The minimum atomic E-state index is -0.630. The third-order valence-electron chi connectivity index (χ3n) is 2.70. The van der Waals surface area contributed by atoms with Crippen LogP contribution >= 0.6 is 12.2 Å². The zero-order chi connectivity index (χ0) is 14.9. The maximum absolute atomic E-state index is 12.0. The summed E-state index contributed by atoms with van der Waals surface area (Å²) in [4.78, 5) is 35.1. The summed E-state index contributed by atoms with van der Waals surface area (Å²) in [6, 6.07) is 0. The molecule has 0 spiro atoms. The van der Waals surface area contributed by atoms with Crippen LogP contribution in [0.2, 0.25) is 0 Å². The van der Waals surface area contributed by atoms with Gasteiger partial charge in [-0.1, -0.05) is 26.1 Å². The number of amides is 1. The highest BCUT2D eigenvalue weighted by Crippen LogP contribution is 2.04. The van der Waals surface area contributed by atoms with E-state index in [9.17, 15) is 14.4 Å². The summed E-state index contributed by atoms with van der Waals surface area (Å²) in [5, 5.41) is 2.44. The molecule has 3 N–H and O–H groups in total. The van der Waals surface area contributed by atoms with Crippen molar-refractivity contribution in [1.29, 1.82) is 0 Å². The highest BCUT2D eigenvalue weighted by molar-refractivity contribution is 7.80. The predicted octanol–water partition coefficient (Wildman–Crippen LogP) is -0.886. The molecule has 0 bridgehead atoms. The van der Waals surface area contributed by atoms with Crippen molar-refractivity contribution < 1.29 is 4.79 Å². The van der Waals surface area contributed by atoms with Crippen LogP contribution in [0.15, 0.2) is 9.59 Å². The Hall–Kier alpha value is -1.96. The highest BCUT2D eigenvalue weighted by Gasteiger charge is 2.19. The number of anilines is 1. The zero-order valence-corrected chi connectivity index (χ0v) is 12.0. The van der Waals surface area contributed by atoms with Crippen LogP contribution in [0, 0.1) is 5.92 Å². The first-order valence-corrected chi connectivity index (χ1v) is 6.00. The molecule has 0 aliphatic rings. The lowest BCUT2D eigenvalue weighted by Gasteiger charge is -2.13. The topological polar surface area (TPSA) is 99.1 Å². The Morgan fingerprint density at radius 1 is 1.26 bits per heavy atom. The van der Waals surface area contributed by atoms with Crippen LogP contribution in [0.5, 0.6) is 0 Å². The largest absolute Gasteiger partial charge is 0.384 e. The average Bonchev–Trinajstić information content (AvgIpc) is 2.34. The van der Waals surface area contributed by atoms with Gasteiger partial charge in [-0.05, 0) is 0 Å². The lowest BCUT2D eigenvalue weighted by molar-refractivity contribution is -0.122. The summed E-state index contributed by atoms with van der Waals surface area (Å²) in [6.45, 7) is 3.39. The number of nitrogens with two attached hydrogens (primary N) is 1. The number of thiocarbonyl (C=S) groups is 1. The molecule has 0 aliphatic heterocycles. The highest BCUT2D eigenvalue weighted by atomic mass is 32.1. The average molecular weight is 284 g/mol. The van der Waals surface area contributed by atoms with E-state index < -0.39 is 11.2 Å². The second kappa shape index (κ2) is 5.35. The van der Waals surface area contributed by atoms with Gasteiger partial charge >= 0.3 is 5.69 Å². The van der Waals surface area contributed by atoms with Crippen LogP contribution < -0.4 is 22.3 Å². The molecule has 0 fully saturated rings. The molecule has 0 aromatic carbocycles. The Bertz CT molecular complexity index is 657. The van der Waals surface area contributed by atoms with Gasteiger partial charge in [0.2, 0.25) is 5.91 Å². The van der Waals surface area contributed by atoms with E-state index in [1.807, 2.05) is 0 Å². The summed E-state index contributed by atoms with van der Waals surface area (Å²) in [5.41, 5.74) is 4.49. The van der Waals surface area contributed by atoms with Crippen LogP contribution in [-0.2, 0) is 18.9 Å². The minimum absolute atomic E-state index is 0.0476. The normalized spacial score (nSPS) is 10.6. The zero-order valence-electron chi connectivity index (χ0n) is 11.2. The van der Waals surface area contributed by atoms with Gasteiger partial charge in [-0.15, -0.1) is 0 Å². The predicted molar refractivity (Wildman–Crippen MR) is 76.0 cm³/mol. The molecule has 0 atom stereocenters. The van der Waals surface area contributed by atoms with Crippen molar-refractivity contribution in [2.45, 2.75) is 13.8 Å². The number of rotatable bonds is 2. The van der Waals surface area contributed by atoms with E-state index in [-0.39, 0.29) is 28.2 Å². The molecule has 7 nitrogen and oxygen atoms in total. The molecule has 0 aliphatic carbocycles. The number of nitrogens with one attached hydrogen (secondary N) is 1. The van der Waals surface area contributed by atoms with E-state index in [0.29, 0.717) is 0 Å².